The molecule has 1 aliphatic heterocycles. The van der Waals surface area contributed by atoms with Crippen LogP contribution in [0.3, 0.4) is 0 Å². The van der Waals surface area contributed by atoms with Crippen molar-refractivity contribution in [3.63, 3.8) is 0 Å². The molecule has 0 amide bonds. The van der Waals surface area contributed by atoms with E-state index in [1.165, 1.54) is 4.31 Å². The molecule has 0 aromatic carbocycles. The number of aliphatic carboxylic acids is 1. The van der Waals surface area contributed by atoms with Crippen molar-refractivity contribution in [1.82, 2.24) is 4.31 Å². The molecule has 0 spiro atoms. The lowest BCUT2D eigenvalue weighted by atomic mass is 10.3. The maximum atomic E-state index is 11.2. The lowest BCUT2D eigenvalue weighted by molar-refractivity contribution is -0.136. The smallest absolute Gasteiger partial charge is 0.304 e. The lowest BCUT2D eigenvalue weighted by Gasteiger charge is -2.29. The summed E-state index contributed by atoms with van der Waals surface area (Å²) < 4.78 is 23.7. The highest BCUT2D eigenvalue weighted by Crippen LogP contribution is 2.13. The SMILES string of the molecule is O=C(O)CCS(=O)(=O)N1CCC1. The summed E-state index contributed by atoms with van der Waals surface area (Å²) in [5.74, 6) is -1.35. The van der Waals surface area contributed by atoms with Crippen molar-refractivity contribution in [1.29, 1.82) is 0 Å². The summed E-state index contributed by atoms with van der Waals surface area (Å²) in [6.07, 6.45) is 0.575. The van der Waals surface area contributed by atoms with Gasteiger partial charge in [0.15, 0.2) is 0 Å². The van der Waals surface area contributed by atoms with Gasteiger partial charge in [-0.05, 0) is 6.42 Å². The van der Waals surface area contributed by atoms with Crippen LogP contribution >= 0.6 is 0 Å². The molecule has 1 fully saturated rings. The predicted octanol–water partition coefficient (Wildman–Crippen LogP) is -0.503. The van der Waals surface area contributed by atoms with Gasteiger partial charge in [0.2, 0.25) is 10.0 Å². The van der Waals surface area contributed by atoms with Crippen LogP contribution in [0.15, 0.2) is 0 Å². The Morgan fingerprint density at radius 3 is 2.33 bits per heavy atom. The first-order valence-corrected chi connectivity index (χ1v) is 5.33. The first-order chi connectivity index (χ1) is 5.52. The van der Waals surface area contributed by atoms with Gasteiger partial charge in [-0.25, -0.2) is 12.7 Å². The van der Waals surface area contributed by atoms with E-state index in [2.05, 4.69) is 0 Å². The molecular weight excluding hydrogens is 182 g/mol. The Labute approximate surface area is 71.0 Å². The van der Waals surface area contributed by atoms with Crippen LogP contribution in [0.1, 0.15) is 12.8 Å². The van der Waals surface area contributed by atoms with E-state index in [0.717, 1.165) is 6.42 Å². The van der Waals surface area contributed by atoms with E-state index >= 15 is 0 Å². The zero-order valence-electron chi connectivity index (χ0n) is 6.56. The first kappa shape index (κ1) is 9.47. The summed E-state index contributed by atoms with van der Waals surface area (Å²) in [4.78, 5) is 10.1. The summed E-state index contributed by atoms with van der Waals surface area (Å²) in [5.41, 5.74) is 0. The molecule has 6 heteroatoms. The lowest BCUT2D eigenvalue weighted by Crippen LogP contribution is -2.43. The fraction of sp³-hybridized carbons (Fsp3) is 0.833. The number of carboxylic acids is 1. The van der Waals surface area contributed by atoms with E-state index in [9.17, 15) is 13.2 Å². The number of nitrogens with zero attached hydrogens (tertiary/aromatic N) is 1. The minimum absolute atomic E-state index is 0.275. The third-order valence-electron chi connectivity index (χ3n) is 1.78. The Balaban J connectivity index is 2.43. The van der Waals surface area contributed by atoms with Gasteiger partial charge < -0.3 is 5.11 Å². The molecular formula is C6H11NO4S. The van der Waals surface area contributed by atoms with Crippen LogP contribution in [-0.4, -0.2) is 42.6 Å². The molecule has 0 radical (unpaired) electrons. The second kappa shape index (κ2) is 3.40. The van der Waals surface area contributed by atoms with Crippen LogP contribution in [0.5, 0.6) is 0 Å². The third kappa shape index (κ3) is 2.18. The van der Waals surface area contributed by atoms with Crippen LogP contribution in [0, 0.1) is 0 Å². The molecule has 0 saturated carbocycles. The first-order valence-electron chi connectivity index (χ1n) is 3.72. The number of rotatable bonds is 4. The Morgan fingerprint density at radius 2 is 2.00 bits per heavy atom. The van der Waals surface area contributed by atoms with Crippen LogP contribution in [0.25, 0.3) is 0 Å². The zero-order chi connectivity index (χ0) is 9.19. The second-order valence-corrected chi connectivity index (χ2v) is 4.80. The molecule has 0 unspecified atom stereocenters. The minimum atomic E-state index is -3.27. The molecule has 1 aliphatic rings. The van der Waals surface area contributed by atoms with Crippen molar-refractivity contribution in [3.05, 3.63) is 0 Å². The molecule has 0 bridgehead atoms. The average Bonchev–Trinajstić information content (AvgIpc) is 1.78. The van der Waals surface area contributed by atoms with E-state index in [0.29, 0.717) is 13.1 Å². The highest BCUT2D eigenvalue weighted by molar-refractivity contribution is 7.89. The topological polar surface area (TPSA) is 74.7 Å². The summed E-state index contributed by atoms with van der Waals surface area (Å²) in [6, 6.07) is 0. The Hall–Kier alpha value is -0.620. The van der Waals surface area contributed by atoms with Crippen molar-refractivity contribution in [2.45, 2.75) is 12.8 Å². The van der Waals surface area contributed by atoms with Gasteiger partial charge in [-0.15, -0.1) is 0 Å². The van der Waals surface area contributed by atoms with Gasteiger partial charge in [-0.3, -0.25) is 4.79 Å². The molecule has 0 aliphatic carbocycles. The summed E-state index contributed by atoms with van der Waals surface area (Å²) in [7, 11) is -3.27. The van der Waals surface area contributed by atoms with Crippen molar-refractivity contribution in [2.24, 2.45) is 0 Å². The van der Waals surface area contributed by atoms with E-state index < -0.39 is 16.0 Å². The van der Waals surface area contributed by atoms with E-state index in [4.69, 9.17) is 5.11 Å². The molecule has 5 nitrogen and oxygen atoms in total. The highest BCUT2D eigenvalue weighted by Gasteiger charge is 2.27. The summed E-state index contributed by atoms with van der Waals surface area (Å²) in [6.45, 7) is 1.09. The van der Waals surface area contributed by atoms with Gasteiger partial charge in [0.25, 0.3) is 0 Å². The molecule has 70 valence electrons. The highest BCUT2D eigenvalue weighted by atomic mass is 32.2. The molecule has 1 heterocycles. The molecule has 1 N–H and O–H groups in total. The standard InChI is InChI=1S/C6H11NO4S/c8-6(9)2-5-12(10,11)7-3-1-4-7/h1-5H2,(H,8,9). The van der Waals surface area contributed by atoms with Crippen molar-refractivity contribution >= 4 is 16.0 Å². The maximum Gasteiger partial charge on any atom is 0.304 e. The number of carboxylic acid groups (broad SMARTS) is 1. The van der Waals surface area contributed by atoms with Crippen molar-refractivity contribution in [3.8, 4) is 0 Å². The Morgan fingerprint density at radius 1 is 1.42 bits per heavy atom. The van der Waals surface area contributed by atoms with Crippen molar-refractivity contribution in [2.75, 3.05) is 18.8 Å². The molecule has 0 atom stereocenters. The van der Waals surface area contributed by atoms with Gasteiger partial charge in [0, 0.05) is 13.1 Å². The quantitative estimate of drug-likeness (QED) is 0.653. The van der Waals surface area contributed by atoms with E-state index in [-0.39, 0.29) is 12.2 Å². The van der Waals surface area contributed by atoms with Gasteiger partial charge in [-0.2, -0.15) is 0 Å². The summed E-state index contributed by atoms with van der Waals surface area (Å²) >= 11 is 0. The molecule has 1 rings (SSSR count). The van der Waals surface area contributed by atoms with Gasteiger partial charge in [0.05, 0.1) is 12.2 Å². The van der Waals surface area contributed by atoms with Crippen LogP contribution in [-0.2, 0) is 14.8 Å². The number of sulfonamides is 1. The number of hydrogen-bond donors (Lipinski definition) is 1. The molecule has 0 aromatic heterocycles. The number of carbonyl (C=O) groups is 1. The largest absolute Gasteiger partial charge is 0.481 e. The van der Waals surface area contributed by atoms with Gasteiger partial charge in [0.1, 0.15) is 0 Å². The Bertz CT molecular complexity index is 267. The van der Waals surface area contributed by atoms with E-state index in [1.54, 1.807) is 0 Å². The van der Waals surface area contributed by atoms with Gasteiger partial charge in [-0.1, -0.05) is 0 Å². The minimum Gasteiger partial charge on any atom is -0.481 e. The normalized spacial score (nSPS) is 18.7. The third-order valence-corrected chi connectivity index (χ3v) is 3.65. The zero-order valence-corrected chi connectivity index (χ0v) is 7.38. The fourth-order valence-electron chi connectivity index (χ4n) is 0.911. The van der Waals surface area contributed by atoms with E-state index in [1.807, 2.05) is 0 Å². The predicted molar refractivity (Wildman–Crippen MR) is 42.2 cm³/mol. The van der Waals surface area contributed by atoms with Gasteiger partial charge >= 0.3 is 5.97 Å². The molecule has 1 saturated heterocycles. The van der Waals surface area contributed by atoms with Crippen LogP contribution in [0.4, 0.5) is 0 Å². The Kier molecular flexibility index (Phi) is 2.69. The monoisotopic (exact) mass is 193 g/mol. The maximum absolute atomic E-state index is 11.2. The van der Waals surface area contributed by atoms with Crippen molar-refractivity contribution < 1.29 is 18.3 Å². The second-order valence-electron chi connectivity index (χ2n) is 2.71. The summed E-state index contributed by atoms with van der Waals surface area (Å²) in [5, 5.41) is 8.27. The average molecular weight is 193 g/mol. The van der Waals surface area contributed by atoms with Crippen LogP contribution < -0.4 is 0 Å². The molecule has 0 aromatic rings. The van der Waals surface area contributed by atoms with Crippen LogP contribution in [0.2, 0.25) is 0 Å². The fourth-order valence-corrected chi connectivity index (χ4v) is 2.42. The number of hydrogen-bond acceptors (Lipinski definition) is 3. The molecule has 12 heavy (non-hydrogen) atoms.